The monoisotopic (exact) mass is 699 g/mol. The highest BCUT2D eigenvalue weighted by Crippen LogP contribution is 2.64. The van der Waals surface area contributed by atoms with E-state index in [1.54, 1.807) is 34.7 Å². The Kier molecular flexibility index (Phi) is 8.62. The zero-order valence-electron chi connectivity index (χ0n) is 30.0. The molecule has 1 spiro atoms. The molecule has 1 saturated heterocycles. The summed E-state index contributed by atoms with van der Waals surface area (Å²) in [5.74, 6) is -0.104. The zero-order valence-corrected chi connectivity index (χ0v) is 30.0. The van der Waals surface area contributed by atoms with Crippen molar-refractivity contribution in [3.8, 4) is 17.4 Å². The minimum atomic E-state index is -0.435. The quantitative estimate of drug-likeness (QED) is 0.265. The molecular weight excluding hydrogens is 654 g/mol. The van der Waals surface area contributed by atoms with Gasteiger partial charge in [0.25, 0.3) is 5.91 Å². The van der Waals surface area contributed by atoms with Crippen molar-refractivity contribution < 1.29 is 19.1 Å². The molecule has 7 rings (SSSR count). The number of hydrogen-bond acceptors (Lipinski definition) is 10. The largest absolute Gasteiger partial charge is 0.482 e. The van der Waals surface area contributed by atoms with Crippen molar-refractivity contribution in [2.45, 2.75) is 72.4 Å². The second-order valence-corrected chi connectivity index (χ2v) is 15.0. The summed E-state index contributed by atoms with van der Waals surface area (Å²) < 4.78 is 12.4. The van der Waals surface area contributed by atoms with Gasteiger partial charge in [-0.3, -0.25) is 19.2 Å². The van der Waals surface area contributed by atoms with Crippen LogP contribution in [0.25, 0.3) is 16.9 Å². The van der Waals surface area contributed by atoms with E-state index >= 15 is 0 Å². The van der Waals surface area contributed by atoms with Crippen LogP contribution in [0.1, 0.15) is 68.1 Å². The molecule has 0 aromatic carbocycles. The third kappa shape index (κ3) is 6.12. The Morgan fingerprint density at radius 3 is 2.41 bits per heavy atom. The molecule has 4 aromatic rings. The smallest absolute Gasteiger partial charge is 0.263 e. The van der Waals surface area contributed by atoms with E-state index in [1.807, 2.05) is 11.8 Å². The number of pyridine rings is 3. The second-order valence-electron chi connectivity index (χ2n) is 15.0. The number of rotatable bonds is 9. The predicted molar refractivity (Wildman–Crippen MR) is 190 cm³/mol. The van der Waals surface area contributed by atoms with Gasteiger partial charge in [0.2, 0.25) is 28.5 Å². The molecule has 270 valence electrons. The summed E-state index contributed by atoms with van der Waals surface area (Å²) in [5, 5.41) is 12.6. The topological polar surface area (TPSA) is 170 Å². The van der Waals surface area contributed by atoms with Gasteiger partial charge in [-0.15, -0.1) is 15.0 Å². The fourth-order valence-corrected chi connectivity index (χ4v) is 8.76. The number of carbonyl (C=O) groups is 2. The van der Waals surface area contributed by atoms with Gasteiger partial charge in [0.1, 0.15) is 17.8 Å². The minimum absolute atomic E-state index is 0.0330. The summed E-state index contributed by atoms with van der Waals surface area (Å²) in [4.78, 5) is 66.5. The van der Waals surface area contributed by atoms with Gasteiger partial charge in [0.05, 0.1) is 19.9 Å². The van der Waals surface area contributed by atoms with Gasteiger partial charge >= 0.3 is 0 Å². The molecule has 15 nitrogen and oxygen atoms in total. The van der Waals surface area contributed by atoms with Crippen LogP contribution >= 0.6 is 0 Å². The first-order valence-electron chi connectivity index (χ1n) is 17.5. The standard InChI is InChI=1S/C36H45N9O6/c1-7-24-29(42-10-12-43(13-11-42)34(49)27-30(47)21(2)17-38-33(27)51-6)31(48)28-32(41-45(40-28)23-8-9-37-26(14-23)50-5)44(24)18-25(46)39-22-15-36(16-22)19-35(3,4)20-36/h8-9,14,17,22H,7,10-13,15-16,18-20H2,1-6H3,(H,38,47)(H,39,46). The highest BCUT2D eigenvalue weighted by molar-refractivity contribution is 5.96. The maximum Gasteiger partial charge on any atom is 0.263 e. The normalized spacial score (nSPS) is 18.0. The number of fused-ring (bicyclic) bond motifs is 1. The van der Waals surface area contributed by atoms with E-state index in [1.165, 1.54) is 38.1 Å². The molecule has 5 heterocycles. The number of H-pyrrole nitrogens is 1. The average molecular weight is 700 g/mol. The molecule has 0 unspecified atom stereocenters. The van der Waals surface area contributed by atoms with Gasteiger partial charge in [0.15, 0.2) is 11.2 Å². The van der Waals surface area contributed by atoms with Crippen molar-refractivity contribution in [2.75, 3.05) is 45.3 Å². The Balaban J connectivity index is 1.20. The summed E-state index contributed by atoms with van der Waals surface area (Å²) in [5.41, 5.74) is 2.45. The number of nitrogens with zero attached hydrogens (tertiary/aromatic N) is 7. The third-order valence-corrected chi connectivity index (χ3v) is 10.6. The van der Waals surface area contributed by atoms with E-state index in [4.69, 9.17) is 14.6 Å². The van der Waals surface area contributed by atoms with E-state index in [2.05, 4.69) is 34.2 Å². The van der Waals surface area contributed by atoms with E-state index in [0.29, 0.717) is 64.5 Å². The number of methoxy groups -OCH3 is 2. The number of ether oxygens (including phenoxy) is 2. The first kappa shape index (κ1) is 34.2. The van der Waals surface area contributed by atoms with Crippen LogP contribution < -0.4 is 30.5 Å². The maximum atomic E-state index is 14.4. The van der Waals surface area contributed by atoms with E-state index in [9.17, 15) is 19.2 Å². The Hall–Kier alpha value is -5.21. The van der Waals surface area contributed by atoms with Crippen LogP contribution in [0.2, 0.25) is 0 Å². The van der Waals surface area contributed by atoms with Crippen LogP contribution in [0.15, 0.2) is 34.1 Å². The Morgan fingerprint density at radius 2 is 1.76 bits per heavy atom. The van der Waals surface area contributed by atoms with Crippen LogP contribution in [0.4, 0.5) is 5.69 Å². The van der Waals surface area contributed by atoms with Crippen molar-refractivity contribution in [1.82, 2.24) is 39.7 Å². The first-order valence-corrected chi connectivity index (χ1v) is 17.5. The fourth-order valence-electron chi connectivity index (χ4n) is 8.76. The van der Waals surface area contributed by atoms with Crippen LogP contribution in [-0.4, -0.2) is 92.7 Å². The number of carbonyl (C=O) groups excluding carboxylic acids is 2. The number of aryl methyl sites for hydroxylation is 1. The second kappa shape index (κ2) is 12.8. The summed E-state index contributed by atoms with van der Waals surface area (Å²) in [6.45, 7) is 9.33. The van der Waals surface area contributed by atoms with Gasteiger partial charge < -0.3 is 34.1 Å². The molecule has 3 fully saturated rings. The number of nitrogens with one attached hydrogen (secondary N) is 2. The highest BCUT2D eigenvalue weighted by Gasteiger charge is 2.56. The van der Waals surface area contributed by atoms with Crippen LogP contribution in [0, 0.1) is 17.8 Å². The van der Waals surface area contributed by atoms with Gasteiger partial charge in [0, 0.05) is 61.9 Å². The molecule has 1 aliphatic heterocycles. The number of anilines is 1. The molecule has 0 radical (unpaired) electrons. The number of hydrogen-bond donors (Lipinski definition) is 2. The third-order valence-electron chi connectivity index (χ3n) is 10.6. The Morgan fingerprint density at radius 1 is 1.04 bits per heavy atom. The van der Waals surface area contributed by atoms with Gasteiger partial charge in [-0.25, -0.2) is 4.98 Å². The minimum Gasteiger partial charge on any atom is -0.482 e. The molecule has 0 bridgehead atoms. The summed E-state index contributed by atoms with van der Waals surface area (Å²) in [7, 11) is 2.92. The van der Waals surface area contributed by atoms with E-state index in [0.717, 1.165) is 12.8 Å². The zero-order chi connectivity index (χ0) is 36.2. The number of amides is 2. The molecule has 0 atom stereocenters. The van der Waals surface area contributed by atoms with Crippen molar-refractivity contribution in [3.63, 3.8) is 0 Å². The molecule has 3 aliphatic rings. The number of piperazine rings is 1. The van der Waals surface area contributed by atoms with Crippen LogP contribution in [-0.2, 0) is 17.8 Å². The average Bonchev–Trinajstić information content (AvgIpc) is 3.55. The van der Waals surface area contributed by atoms with Crippen molar-refractivity contribution in [3.05, 3.63) is 61.8 Å². The van der Waals surface area contributed by atoms with Crippen molar-refractivity contribution >= 4 is 28.7 Å². The lowest BCUT2D eigenvalue weighted by atomic mass is 9.45. The van der Waals surface area contributed by atoms with Crippen LogP contribution in [0.5, 0.6) is 11.8 Å². The molecule has 2 amide bonds. The molecular formula is C36H45N9O6. The van der Waals surface area contributed by atoms with Crippen molar-refractivity contribution in [1.29, 1.82) is 0 Å². The fraction of sp³-hybridized carbons (Fsp3) is 0.528. The molecule has 2 N–H and O–H groups in total. The number of aromatic nitrogens is 6. The lowest BCUT2D eigenvalue weighted by Crippen LogP contribution is -2.58. The van der Waals surface area contributed by atoms with Crippen molar-refractivity contribution in [2.24, 2.45) is 10.8 Å². The lowest BCUT2D eigenvalue weighted by Gasteiger charge is -2.61. The van der Waals surface area contributed by atoms with Crippen LogP contribution in [0.3, 0.4) is 0 Å². The molecule has 2 aliphatic carbocycles. The summed E-state index contributed by atoms with van der Waals surface area (Å²) in [6.07, 6.45) is 7.87. The Labute approximate surface area is 294 Å². The highest BCUT2D eigenvalue weighted by atomic mass is 16.5. The Bertz CT molecular complexity index is 2130. The lowest BCUT2D eigenvalue weighted by molar-refractivity contribution is -0.129. The van der Waals surface area contributed by atoms with E-state index in [-0.39, 0.29) is 59.4 Å². The first-order chi connectivity index (χ1) is 24.4. The molecule has 51 heavy (non-hydrogen) atoms. The van der Waals surface area contributed by atoms with Gasteiger partial charge in [-0.05, 0) is 55.9 Å². The molecule has 4 aromatic heterocycles. The predicted octanol–water partition coefficient (Wildman–Crippen LogP) is 2.60. The van der Waals surface area contributed by atoms with Gasteiger partial charge in [-0.2, -0.15) is 0 Å². The molecule has 2 saturated carbocycles. The SMILES string of the molecule is CCc1c(N2CCN(C(=O)c3c(OC)[nH]cc(C)c3=O)CC2)c(=O)c2nn(-c3ccnc(OC)c3)nc2n1CC(=O)NC1CC2(C1)CC(C)(C)C2. The molecule has 15 heteroatoms. The van der Waals surface area contributed by atoms with E-state index < -0.39 is 5.91 Å². The van der Waals surface area contributed by atoms with Gasteiger partial charge in [-0.1, -0.05) is 20.8 Å². The summed E-state index contributed by atoms with van der Waals surface area (Å²) in [6, 6.07) is 3.50. The number of aromatic amines is 1. The summed E-state index contributed by atoms with van der Waals surface area (Å²) >= 11 is 0. The maximum absolute atomic E-state index is 14.4.